The molecule has 8 nitrogen and oxygen atoms in total. The Balaban J connectivity index is 0.000000219. The van der Waals surface area contributed by atoms with Crippen LogP contribution in [0.3, 0.4) is 0 Å². The van der Waals surface area contributed by atoms with Gasteiger partial charge in [-0.1, -0.05) is 0 Å². The number of amides is 1. The third-order valence-electron chi connectivity index (χ3n) is 2.05. The summed E-state index contributed by atoms with van der Waals surface area (Å²) < 4.78 is 4.43. The second-order valence-electron chi connectivity index (χ2n) is 3.60. The van der Waals surface area contributed by atoms with Gasteiger partial charge < -0.3 is 16.2 Å². The topological polar surface area (TPSA) is 138 Å². The maximum Gasteiger partial charge on any atom is 0.411 e. The summed E-state index contributed by atoms with van der Waals surface area (Å²) >= 11 is 0. The number of nitrogens with two attached hydrogens (primary N) is 2. The van der Waals surface area contributed by atoms with Crippen molar-refractivity contribution in [3.8, 4) is 5.88 Å². The molecule has 0 fully saturated rings. The largest absolute Gasteiger partial charge is 0.411 e. The first-order chi connectivity index (χ1) is 10.0. The number of aldehydes is 2. The Morgan fingerprint density at radius 1 is 1.00 bits per heavy atom. The predicted molar refractivity (Wildman–Crippen MR) is 73.9 cm³/mol. The second kappa shape index (κ2) is 8.00. The third-order valence-corrected chi connectivity index (χ3v) is 2.05. The van der Waals surface area contributed by atoms with Crippen molar-refractivity contribution in [3.63, 3.8) is 0 Å². The van der Waals surface area contributed by atoms with Crippen LogP contribution in [0, 0.1) is 0 Å². The molecule has 0 unspecified atom stereocenters. The molecule has 0 bridgehead atoms. The molecule has 8 heteroatoms. The lowest BCUT2D eigenvalue weighted by molar-refractivity contribution is 0.111. The molecule has 0 aromatic carbocycles. The monoisotopic (exact) mass is 288 g/mol. The van der Waals surface area contributed by atoms with Crippen LogP contribution < -0.4 is 16.2 Å². The molecule has 0 aliphatic carbocycles. The summed E-state index contributed by atoms with van der Waals surface area (Å²) in [5, 5.41) is 0. The summed E-state index contributed by atoms with van der Waals surface area (Å²) in [6.45, 7) is 0. The number of nitrogens with zero attached hydrogens (tertiary/aromatic N) is 2. The number of primary amides is 1. The van der Waals surface area contributed by atoms with Gasteiger partial charge in [-0.3, -0.25) is 9.59 Å². The zero-order chi connectivity index (χ0) is 15.7. The first-order valence-electron chi connectivity index (χ1n) is 5.60. The maximum absolute atomic E-state index is 10.2. The van der Waals surface area contributed by atoms with Crippen LogP contribution in [0.15, 0.2) is 36.7 Å². The van der Waals surface area contributed by atoms with Crippen LogP contribution in [0.25, 0.3) is 0 Å². The molecule has 0 saturated heterocycles. The molecule has 2 rings (SSSR count). The number of carbonyl (C=O) groups excluding carboxylic acids is 3. The number of hydrogen-bond acceptors (Lipinski definition) is 7. The van der Waals surface area contributed by atoms with Gasteiger partial charge in [0, 0.05) is 29.6 Å². The summed E-state index contributed by atoms with van der Waals surface area (Å²) in [4.78, 5) is 37.7. The van der Waals surface area contributed by atoms with Crippen LogP contribution in [0.2, 0.25) is 0 Å². The zero-order valence-corrected chi connectivity index (χ0v) is 10.8. The van der Waals surface area contributed by atoms with Gasteiger partial charge in [0.25, 0.3) is 0 Å². The van der Waals surface area contributed by atoms with Crippen LogP contribution in [-0.2, 0) is 0 Å². The van der Waals surface area contributed by atoms with Gasteiger partial charge in [0.05, 0.1) is 0 Å². The summed E-state index contributed by atoms with van der Waals surface area (Å²) in [6, 6.07) is 6.06. The number of aromatic nitrogens is 2. The van der Waals surface area contributed by atoms with E-state index in [1.54, 1.807) is 12.1 Å². The van der Waals surface area contributed by atoms with Crippen molar-refractivity contribution >= 4 is 24.5 Å². The molecule has 0 radical (unpaired) electrons. The van der Waals surface area contributed by atoms with Crippen molar-refractivity contribution in [3.05, 3.63) is 47.8 Å². The van der Waals surface area contributed by atoms with Crippen LogP contribution in [-0.4, -0.2) is 28.6 Å². The van der Waals surface area contributed by atoms with Crippen LogP contribution in [0.4, 0.5) is 10.6 Å². The number of carbonyl (C=O) groups is 3. The highest BCUT2D eigenvalue weighted by molar-refractivity contribution is 5.74. The highest BCUT2D eigenvalue weighted by Crippen LogP contribution is 2.05. The van der Waals surface area contributed by atoms with Gasteiger partial charge in [0.2, 0.25) is 5.88 Å². The summed E-state index contributed by atoms with van der Waals surface area (Å²) in [7, 11) is 0. The van der Waals surface area contributed by atoms with E-state index in [2.05, 4.69) is 14.7 Å². The van der Waals surface area contributed by atoms with Crippen molar-refractivity contribution in [1.82, 2.24) is 9.97 Å². The summed E-state index contributed by atoms with van der Waals surface area (Å²) in [6.07, 6.45) is 3.16. The van der Waals surface area contributed by atoms with Gasteiger partial charge in [0.1, 0.15) is 5.82 Å². The van der Waals surface area contributed by atoms with Crippen molar-refractivity contribution in [2.45, 2.75) is 0 Å². The Kier molecular flexibility index (Phi) is 6.00. The minimum atomic E-state index is -0.929. The molecule has 2 aromatic rings. The summed E-state index contributed by atoms with van der Waals surface area (Å²) in [5.41, 5.74) is 10.9. The van der Waals surface area contributed by atoms with Crippen molar-refractivity contribution in [2.24, 2.45) is 5.73 Å². The number of rotatable bonds is 3. The lowest BCUT2D eigenvalue weighted by Gasteiger charge is -1.97. The van der Waals surface area contributed by atoms with E-state index in [4.69, 9.17) is 11.5 Å². The summed E-state index contributed by atoms with van der Waals surface area (Å²) in [5.74, 6) is 0.508. The fourth-order valence-corrected chi connectivity index (χ4v) is 1.11. The van der Waals surface area contributed by atoms with E-state index >= 15 is 0 Å². The highest BCUT2D eigenvalue weighted by Gasteiger charge is 1.98. The van der Waals surface area contributed by atoms with Crippen molar-refractivity contribution in [2.75, 3.05) is 5.73 Å². The molecule has 108 valence electrons. The van der Waals surface area contributed by atoms with E-state index in [0.717, 1.165) is 6.29 Å². The van der Waals surface area contributed by atoms with Gasteiger partial charge >= 0.3 is 6.09 Å². The highest BCUT2D eigenvalue weighted by atomic mass is 16.6. The molecule has 0 atom stereocenters. The Labute approximate surface area is 119 Å². The number of pyridine rings is 2. The molecule has 0 spiro atoms. The Hall–Kier alpha value is -3.29. The molecule has 2 aromatic heterocycles. The normalized spacial score (nSPS) is 8.95. The Morgan fingerprint density at radius 2 is 1.57 bits per heavy atom. The lowest BCUT2D eigenvalue weighted by atomic mass is 10.3. The maximum atomic E-state index is 10.2. The molecule has 0 aliphatic heterocycles. The van der Waals surface area contributed by atoms with Gasteiger partial charge in [-0.2, -0.15) is 0 Å². The molecule has 0 saturated carbocycles. The molecular formula is C13H12N4O4. The average molecular weight is 288 g/mol. The van der Waals surface area contributed by atoms with E-state index in [1.165, 1.54) is 24.5 Å². The fourth-order valence-electron chi connectivity index (χ4n) is 1.11. The fraction of sp³-hybridized carbons (Fsp3) is 0. The van der Waals surface area contributed by atoms with Crippen molar-refractivity contribution in [1.29, 1.82) is 0 Å². The van der Waals surface area contributed by atoms with E-state index in [0.29, 0.717) is 23.2 Å². The molecule has 4 N–H and O–H groups in total. The third kappa shape index (κ3) is 5.92. The molecule has 2 heterocycles. The van der Waals surface area contributed by atoms with Gasteiger partial charge in [-0.05, 0) is 18.2 Å². The molecular weight excluding hydrogens is 276 g/mol. The number of hydrogen-bond donors (Lipinski definition) is 2. The van der Waals surface area contributed by atoms with Gasteiger partial charge in [-0.15, -0.1) is 0 Å². The number of anilines is 1. The minimum absolute atomic E-state index is 0.0769. The first kappa shape index (κ1) is 15.8. The van der Waals surface area contributed by atoms with E-state index in [1.807, 2.05) is 0 Å². The standard InChI is InChI=1S/C7H6N2O3.C6H6N2O/c8-7(11)12-6-2-1-5(4-10)3-9-6;7-6-2-1-5(4-9)3-8-6/h1-4H,(H2,8,11);1-4H,(H2,7,8). The van der Waals surface area contributed by atoms with Crippen LogP contribution >= 0.6 is 0 Å². The van der Waals surface area contributed by atoms with Gasteiger partial charge in [0.15, 0.2) is 12.6 Å². The smallest absolute Gasteiger partial charge is 0.391 e. The van der Waals surface area contributed by atoms with Gasteiger partial charge in [-0.25, -0.2) is 14.8 Å². The predicted octanol–water partition coefficient (Wildman–Crippen LogP) is 0.828. The second-order valence-corrected chi connectivity index (χ2v) is 3.60. The molecule has 21 heavy (non-hydrogen) atoms. The van der Waals surface area contributed by atoms with Crippen molar-refractivity contribution < 1.29 is 19.1 Å². The first-order valence-corrected chi connectivity index (χ1v) is 5.60. The minimum Gasteiger partial charge on any atom is -0.391 e. The quantitative estimate of drug-likeness (QED) is 0.797. The lowest BCUT2D eigenvalue weighted by Crippen LogP contribution is -2.16. The SMILES string of the molecule is NC(=O)Oc1ccc(C=O)cn1.Nc1ccc(C=O)cn1. The average Bonchev–Trinajstić information content (AvgIpc) is 2.49. The number of ether oxygens (including phenoxy) is 1. The van der Waals surface area contributed by atoms with E-state index in [-0.39, 0.29) is 5.88 Å². The van der Waals surface area contributed by atoms with Crippen LogP contribution in [0.5, 0.6) is 5.88 Å². The van der Waals surface area contributed by atoms with Crippen LogP contribution in [0.1, 0.15) is 20.7 Å². The molecule has 0 aliphatic rings. The van der Waals surface area contributed by atoms with E-state index < -0.39 is 6.09 Å². The Morgan fingerprint density at radius 3 is 1.95 bits per heavy atom. The number of nitrogen functional groups attached to an aromatic ring is 1. The Bertz CT molecular complexity index is 611. The molecule has 1 amide bonds. The zero-order valence-electron chi connectivity index (χ0n) is 10.8. The van der Waals surface area contributed by atoms with E-state index in [9.17, 15) is 14.4 Å².